The molecular formula is C25H33N5O4S. The van der Waals surface area contributed by atoms with Crippen molar-refractivity contribution in [1.29, 1.82) is 0 Å². The summed E-state index contributed by atoms with van der Waals surface area (Å²) < 4.78 is 28.6. The fourth-order valence-corrected chi connectivity index (χ4v) is 5.00. The Bertz CT molecular complexity index is 1300. The second-order valence-electron chi connectivity index (χ2n) is 9.57. The Kier molecular flexibility index (Phi) is 7.59. The fourth-order valence-electron chi connectivity index (χ4n) is 4.33. The molecular weight excluding hydrogens is 466 g/mol. The first kappa shape index (κ1) is 25.0. The minimum absolute atomic E-state index is 0.0442. The van der Waals surface area contributed by atoms with Crippen molar-refractivity contribution in [3.05, 3.63) is 41.9 Å². The highest BCUT2D eigenvalue weighted by Gasteiger charge is 2.29. The molecule has 10 heteroatoms. The number of H-pyrrole nitrogens is 1. The molecule has 0 bridgehead atoms. The van der Waals surface area contributed by atoms with E-state index in [2.05, 4.69) is 39.4 Å². The first-order valence-electron chi connectivity index (χ1n) is 12.0. The number of ether oxygens (including phenoxy) is 1. The minimum Gasteiger partial charge on any atom is -0.491 e. The van der Waals surface area contributed by atoms with Gasteiger partial charge in [-0.05, 0) is 49.3 Å². The zero-order valence-corrected chi connectivity index (χ0v) is 21.2. The zero-order chi connectivity index (χ0) is 25.0. The second kappa shape index (κ2) is 10.6. The quantitative estimate of drug-likeness (QED) is 0.365. The van der Waals surface area contributed by atoms with Crippen molar-refractivity contribution >= 4 is 38.3 Å². The average Bonchev–Trinajstić information content (AvgIpc) is 3.19. The molecule has 3 N–H and O–H groups in total. The van der Waals surface area contributed by atoms with Crippen LogP contribution in [0, 0.1) is 11.8 Å². The predicted octanol–water partition coefficient (Wildman–Crippen LogP) is 3.39. The molecule has 1 aromatic carbocycles. The Morgan fingerprint density at radius 3 is 2.83 bits per heavy atom. The third-order valence-corrected chi connectivity index (χ3v) is 7.08. The van der Waals surface area contributed by atoms with E-state index < -0.39 is 9.84 Å². The Hall–Kier alpha value is -3.14. The molecule has 1 atom stereocenters. The summed E-state index contributed by atoms with van der Waals surface area (Å²) in [4.78, 5) is 25.2. The van der Waals surface area contributed by atoms with Gasteiger partial charge in [0.1, 0.15) is 33.4 Å². The number of amides is 1. The van der Waals surface area contributed by atoms with Gasteiger partial charge in [0.05, 0.1) is 23.4 Å². The van der Waals surface area contributed by atoms with Gasteiger partial charge < -0.3 is 20.4 Å². The van der Waals surface area contributed by atoms with Crippen molar-refractivity contribution < 1.29 is 17.9 Å². The standard InChI is InChI=1S/C25H33N5O4S/c1-16(2)14-34-21-8-5-4-7-20(21)30-24-22-18-13-17(25(31)26-11-6-12-35(3,32)33)9-10-19(18)29-23(22)27-15-28-24/h4-5,7-8,15-17H,6,9-14H2,1-3H3,(H,26,31)(H2,27,28,29,30)/t17-/m0/s1. The number of anilines is 2. The maximum absolute atomic E-state index is 12.8. The van der Waals surface area contributed by atoms with E-state index in [1.165, 1.54) is 12.6 Å². The van der Waals surface area contributed by atoms with Crippen LogP contribution >= 0.6 is 0 Å². The largest absolute Gasteiger partial charge is 0.491 e. The van der Waals surface area contributed by atoms with E-state index in [4.69, 9.17) is 4.74 Å². The summed E-state index contributed by atoms with van der Waals surface area (Å²) in [6, 6.07) is 7.77. The van der Waals surface area contributed by atoms with E-state index >= 15 is 0 Å². The Labute approximate surface area is 206 Å². The van der Waals surface area contributed by atoms with Gasteiger partial charge in [0.15, 0.2) is 0 Å². The number of nitrogens with zero attached hydrogens (tertiary/aromatic N) is 2. The monoisotopic (exact) mass is 499 g/mol. The molecule has 0 saturated carbocycles. The number of nitrogens with one attached hydrogen (secondary N) is 3. The number of carbonyl (C=O) groups is 1. The van der Waals surface area contributed by atoms with Crippen molar-refractivity contribution in [2.45, 2.75) is 39.5 Å². The Morgan fingerprint density at radius 2 is 2.06 bits per heavy atom. The van der Waals surface area contributed by atoms with E-state index in [1.54, 1.807) is 0 Å². The predicted molar refractivity (Wildman–Crippen MR) is 137 cm³/mol. The van der Waals surface area contributed by atoms with Gasteiger partial charge in [-0.2, -0.15) is 0 Å². The molecule has 0 spiro atoms. The summed E-state index contributed by atoms with van der Waals surface area (Å²) in [6.07, 6.45) is 5.17. The maximum atomic E-state index is 12.8. The number of aromatic amines is 1. The molecule has 2 heterocycles. The van der Waals surface area contributed by atoms with Gasteiger partial charge in [-0.15, -0.1) is 0 Å². The first-order chi connectivity index (χ1) is 16.7. The summed E-state index contributed by atoms with van der Waals surface area (Å²) in [5.41, 5.74) is 3.68. The minimum atomic E-state index is -3.03. The van der Waals surface area contributed by atoms with E-state index in [0.29, 0.717) is 37.7 Å². The Morgan fingerprint density at radius 1 is 1.26 bits per heavy atom. The van der Waals surface area contributed by atoms with Crippen LogP contribution in [0.1, 0.15) is 37.9 Å². The van der Waals surface area contributed by atoms with Gasteiger partial charge >= 0.3 is 0 Å². The third-order valence-electron chi connectivity index (χ3n) is 6.05. The van der Waals surface area contributed by atoms with Crippen molar-refractivity contribution in [3.63, 3.8) is 0 Å². The first-order valence-corrected chi connectivity index (χ1v) is 14.1. The number of aryl methyl sites for hydroxylation is 1. The maximum Gasteiger partial charge on any atom is 0.223 e. The van der Waals surface area contributed by atoms with Crippen LogP contribution < -0.4 is 15.4 Å². The lowest BCUT2D eigenvalue weighted by molar-refractivity contribution is -0.125. The van der Waals surface area contributed by atoms with E-state index in [-0.39, 0.29) is 17.6 Å². The summed E-state index contributed by atoms with van der Waals surface area (Å²) in [7, 11) is -3.03. The molecule has 35 heavy (non-hydrogen) atoms. The number of para-hydroxylation sites is 2. The number of fused-ring (bicyclic) bond motifs is 3. The third kappa shape index (κ3) is 6.30. The molecule has 0 saturated heterocycles. The van der Waals surface area contributed by atoms with Gasteiger partial charge in [0, 0.05) is 24.4 Å². The van der Waals surface area contributed by atoms with E-state index in [1.807, 2.05) is 24.3 Å². The van der Waals surface area contributed by atoms with Crippen LogP contribution in [0.5, 0.6) is 5.75 Å². The zero-order valence-electron chi connectivity index (χ0n) is 20.4. The number of hydrogen-bond donors (Lipinski definition) is 3. The van der Waals surface area contributed by atoms with Crippen LogP contribution in [0.15, 0.2) is 30.6 Å². The van der Waals surface area contributed by atoms with Crippen LogP contribution in [0.4, 0.5) is 11.5 Å². The summed E-state index contributed by atoms with van der Waals surface area (Å²) in [6.45, 7) is 5.17. The van der Waals surface area contributed by atoms with Gasteiger partial charge in [-0.1, -0.05) is 26.0 Å². The van der Waals surface area contributed by atoms with E-state index in [9.17, 15) is 13.2 Å². The number of hydrogen-bond acceptors (Lipinski definition) is 7. The smallest absolute Gasteiger partial charge is 0.223 e. The van der Waals surface area contributed by atoms with Crippen LogP contribution in [0.3, 0.4) is 0 Å². The molecule has 0 radical (unpaired) electrons. The van der Waals surface area contributed by atoms with Gasteiger partial charge in [0.25, 0.3) is 0 Å². The van der Waals surface area contributed by atoms with Crippen molar-refractivity contribution in [2.75, 3.05) is 30.5 Å². The molecule has 1 aliphatic rings. The highest BCUT2D eigenvalue weighted by Crippen LogP contribution is 2.36. The lowest BCUT2D eigenvalue weighted by atomic mass is 9.86. The molecule has 2 aromatic heterocycles. The normalized spacial score (nSPS) is 15.7. The summed E-state index contributed by atoms with van der Waals surface area (Å²) in [5.74, 6) is 1.66. The molecule has 1 aliphatic carbocycles. The van der Waals surface area contributed by atoms with Crippen LogP contribution in [0.2, 0.25) is 0 Å². The number of rotatable bonds is 10. The lowest BCUT2D eigenvalue weighted by Gasteiger charge is -2.22. The molecule has 0 fully saturated rings. The SMILES string of the molecule is CC(C)COc1ccccc1Nc1ncnc2[nH]c3c(c12)C[C@@H](C(=O)NCCCS(C)(=O)=O)CC3. The lowest BCUT2D eigenvalue weighted by Crippen LogP contribution is -2.35. The number of carbonyl (C=O) groups excluding carboxylic acids is 1. The number of benzene rings is 1. The average molecular weight is 500 g/mol. The van der Waals surface area contributed by atoms with Crippen molar-refractivity contribution in [1.82, 2.24) is 20.3 Å². The van der Waals surface area contributed by atoms with Crippen molar-refractivity contribution in [2.24, 2.45) is 11.8 Å². The topological polar surface area (TPSA) is 126 Å². The highest BCUT2D eigenvalue weighted by atomic mass is 32.2. The molecule has 0 aliphatic heterocycles. The van der Waals surface area contributed by atoms with Gasteiger partial charge in [0.2, 0.25) is 5.91 Å². The summed E-state index contributed by atoms with van der Waals surface area (Å²) in [5, 5.41) is 7.21. The van der Waals surface area contributed by atoms with Crippen LogP contribution in [-0.4, -0.2) is 54.4 Å². The van der Waals surface area contributed by atoms with Gasteiger partial charge in [-0.25, -0.2) is 18.4 Å². The highest BCUT2D eigenvalue weighted by molar-refractivity contribution is 7.90. The van der Waals surface area contributed by atoms with Crippen LogP contribution in [-0.2, 0) is 27.5 Å². The molecule has 9 nitrogen and oxygen atoms in total. The van der Waals surface area contributed by atoms with Crippen molar-refractivity contribution in [3.8, 4) is 5.75 Å². The number of sulfone groups is 1. The van der Waals surface area contributed by atoms with Gasteiger partial charge in [-0.3, -0.25) is 4.79 Å². The summed E-state index contributed by atoms with van der Waals surface area (Å²) >= 11 is 0. The second-order valence-corrected chi connectivity index (χ2v) is 11.8. The molecule has 188 valence electrons. The fraction of sp³-hybridized carbons (Fsp3) is 0.480. The van der Waals surface area contributed by atoms with E-state index in [0.717, 1.165) is 46.6 Å². The molecule has 4 rings (SSSR count). The molecule has 1 amide bonds. The molecule has 3 aromatic rings. The Balaban J connectivity index is 1.53. The number of aromatic nitrogens is 3. The van der Waals surface area contributed by atoms with Crippen LogP contribution in [0.25, 0.3) is 11.0 Å². The molecule has 0 unspecified atom stereocenters.